The Morgan fingerprint density at radius 2 is 1.96 bits per heavy atom. The summed E-state index contributed by atoms with van der Waals surface area (Å²) >= 11 is 0. The molecule has 0 spiro atoms. The third kappa shape index (κ3) is 3.46. The zero-order valence-corrected chi connectivity index (χ0v) is 14.6. The number of carbonyl (C=O) groups is 2. The van der Waals surface area contributed by atoms with Crippen LogP contribution in [-0.2, 0) is 0 Å². The van der Waals surface area contributed by atoms with Crippen LogP contribution in [0, 0.1) is 0 Å². The summed E-state index contributed by atoms with van der Waals surface area (Å²) in [5, 5.41) is 6.64. The fourth-order valence-corrected chi connectivity index (χ4v) is 3.71. The fourth-order valence-electron chi connectivity index (χ4n) is 3.71. The Morgan fingerprint density at radius 1 is 1.15 bits per heavy atom. The molecular weight excluding hydrogens is 330 g/mol. The molecule has 0 aliphatic carbocycles. The third-order valence-corrected chi connectivity index (χ3v) is 5.10. The minimum atomic E-state index is -0.0624. The van der Waals surface area contributed by atoms with Crippen molar-refractivity contribution in [1.82, 2.24) is 15.6 Å². The zero-order chi connectivity index (χ0) is 18.1. The largest absolute Gasteiger partial charge is 0.439 e. The molecule has 3 unspecified atom stereocenters. The lowest BCUT2D eigenvalue weighted by atomic mass is 9.95. The molecule has 1 amide bonds. The Balaban J connectivity index is 1.39. The van der Waals surface area contributed by atoms with Crippen molar-refractivity contribution in [3.63, 3.8) is 0 Å². The van der Waals surface area contributed by atoms with E-state index in [0.29, 0.717) is 34.8 Å². The second-order valence-electron chi connectivity index (χ2n) is 6.93. The highest BCUT2D eigenvalue weighted by molar-refractivity contribution is 5.95. The Hall–Kier alpha value is -2.73. The molecule has 1 aromatic carbocycles. The Bertz CT molecular complexity index is 834. The van der Waals surface area contributed by atoms with Gasteiger partial charge in [-0.15, -0.1) is 0 Å². The van der Waals surface area contributed by atoms with Crippen molar-refractivity contribution in [2.75, 3.05) is 0 Å². The SMILES string of the molecule is CC(=O)c1ccnc(Oc2ccc(C(=O)NC3CC4CCC3N4)cc2)c1. The number of nitrogens with one attached hydrogen (secondary N) is 2. The summed E-state index contributed by atoms with van der Waals surface area (Å²) in [4.78, 5) is 28.0. The van der Waals surface area contributed by atoms with Crippen molar-refractivity contribution < 1.29 is 14.3 Å². The normalized spacial score (nSPS) is 23.7. The maximum Gasteiger partial charge on any atom is 0.251 e. The molecule has 1 aromatic heterocycles. The highest BCUT2D eigenvalue weighted by atomic mass is 16.5. The molecule has 3 heterocycles. The molecule has 3 atom stereocenters. The molecule has 0 radical (unpaired) electrons. The molecule has 2 aliphatic rings. The molecule has 26 heavy (non-hydrogen) atoms. The second-order valence-corrected chi connectivity index (χ2v) is 6.93. The van der Waals surface area contributed by atoms with Crippen molar-refractivity contribution in [3.8, 4) is 11.6 Å². The summed E-state index contributed by atoms with van der Waals surface area (Å²) in [7, 11) is 0. The molecule has 2 bridgehead atoms. The summed E-state index contributed by atoms with van der Waals surface area (Å²) in [5.41, 5.74) is 1.15. The fraction of sp³-hybridized carbons (Fsp3) is 0.350. The molecule has 2 N–H and O–H groups in total. The number of hydrogen-bond donors (Lipinski definition) is 2. The van der Waals surface area contributed by atoms with Gasteiger partial charge in [0.1, 0.15) is 5.75 Å². The van der Waals surface area contributed by atoms with Gasteiger partial charge in [-0.3, -0.25) is 9.59 Å². The molecule has 2 saturated heterocycles. The van der Waals surface area contributed by atoms with Crippen LogP contribution in [-0.4, -0.2) is 34.8 Å². The number of fused-ring (bicyclic) bond motifs is 2. The van der Waals surface area contributed by atoms with Gasteiger partial charge in [-0.05, 0) is 56.5 Å². The van der Waals surface area contributed by atoms with E-state index in [2.05, 4.69) is 15.6 Å². The van der Waals surface area contributed by atoms with E-state index in [0.717, 1.165) is 12.8 Å². The van der Waals surface area contributed by atoms with E-state index in [1.807, 2.05) is 0 Å². The van der Waals surface area contributed by atoms with Gasteiger partial charge in [-0.1, -0.05) is 0 Å². The minimum absolute atomic E-state index is 0.0422. The van der Waals surface area contributed by atoms with Crippen LogP contribution in [0.15, 0.2) is 42.6 Å². The predicted molar refractivity (Wildman–Crippen MR) is 96.6 cm³/mol. The number of hydrogen-bond acceptors (Lipinski definition) is 5. The Kier molecular flexibility index (Phi) is 4.42. The number of benzene rings is 1. The van der Waals surface area contributed by atoms with Gasteiger partial charge in [0, 0.05) is 41.5 Å². The molecule has 2 aliphatic heterocycles. The van der Waals surface area contributed by atoms with Crippen LogP contribution in [0.1, 0.15) is 46.9 Å². The molecule has 2 fully saturated rings. The van der Waals surface area contributed by atoms with E-state index < -0.39 is 0 Å². The van der Waals surface area contributed by atoms with Crippen molar-refractivity contribution in [3.05, 3.63) is 53.7 Å². The van der Waals surface area contributed by atoms with Crippen molar-refractivity contribution in [1.29, 1.82) is 0 Å². The van der Waals surface area contributed by atoms with Crippen LogP contribution >= 0.6 is 0 Å². The molecule has 4 rings (SSSR count). The van der Waals surface area contributed by atoms with Crippen molar-refractivity contribution in [2.24, 2.45) is 0 Å². The van der Waals surface area contributed by atoms with E-state index in [-0.39, 0.29) is 17.7 Å². The molecule has 6 nitrogen and oxygen atoms in total. The molecule has 2 aromatic rings. The number of ether oxygens (including phenoxy) is 1. The zero-order valence-electron chi connectivity index (χ0n) is 14.6. The van der Waals surface area contributed by atoms with E-state index in [1.54, 1.807) is 36.4 Å². The lowest BCUT2D eigenvalue weighted by molar-refractivity contribution is 0.0930. The smallest absolute Gasteiger partial charge is 0.251 e. The first kappa shape index (κ1) is 16.7. The first-order valence-electron chi connectivity index (χ1n) is 8.90. The quantitative estimate of drug-likeness (QED) is 0.810. The van der Waals surface area contributed by atoms with Crippen LogP contribution in [0.4, 0.5) is 0 Å². The Morgan fingerprint density at radius 3 is 2.62 bits per heavy atom. The van der Waals surface area contributed by atoms with E-state index in [1.165, 1.54) is 19.5 Å². The number of carbonyl (C=O) groups excluding carboxylic acids is 2. The van der Waals surface area contributed by atoms with Crippen LogP contribution in [0.3, 0.4) is 0 Å². The number of aromatic nitrogens is 1. The van der Waals surface area contributed by atoms with Crippen LogP contribution in [0.2, 0.25) is 0 Å². The monoisotopic (exact) mass is 351 g/mol. The lowest BCUT2D eigenvalue weighted by Crippen LogP contribution is -2.42. The average molecular weight is 351 g/mol. The standard InChI is InChI=1S/C20H21N3O3/c1-12(24)14-8-9-21-19(10-14)26-16-5-2-13(3-6-16)20(25)23-18-11-15-4-7-17(18)22-15/h2-3,5-6,8-10,15,17-18,22H,4,7,11H2,1H3,(H,23,25). The van der Waals surface area contributed by atoms with Gasteiger partial charge in [0.25, 0.3) is 5.91 Å². The lowest BCUT2D eigenvalue weighted by Gasteiger charge is -2.21. The Labute approximate surface area is 152 Å². The first-order chi connectivity index (χ1) is 12.6. The summed E-state index contributed by atoms with van der Waals surface area (Å²) < 4.78 is 5.67. The molecule has 0 saturated carbocycles. The van der Waals surface area contributed by atoms with Gasteiger partial charge in [-0.25, -0.2) is 4.98 Å². The van der Waals surface area contributed by atoms with Crippen LogP contribution < -0.4 is 15.4 Å². The number of ketones is 1. The van der Waals surface area contributed by atoms with Gasteiger partial charge in [0.15, 0.2) is 5.78 Å². The maximum atomic E-state index is 12.4. The number of rotatable bonds is 5. The number of nitrogens with zero attached hydrogens (tertiary/aromatic N) is 1. The van der Waals surface area contributed by atoms with Crippen LogP contribution in [0.5, 0.6) is 11.6 Å². The van der Waals surface area contributed by atoms with Gasteiger partial charge >= 0.3 is 0 Å². The van der Waals surface area contributed by atoms with Gasteiger partial charge < -0.3 is 15.4 Å². The average Bonchev–Trinajstić information content (AvgIpc) is 3.25. The van der Waals surface area contributed by atoms with E-state index in [9.17, 15) is 9.59 Å². The molecular formula is C20H21N3O3. The van der Waals surface area contributed by atoms with E-state index >= 15 is 0 Å². The van der Waals surface area contributed by atoms with Crippen molar-refractivity contribution >= 4 is 11.7 Å². The number of pyridine rings is 1. The minimum Gasteiger partial charge on any atom is -0.439 e. The summed E-state index contributed by atoms with van der Waals surface area (Å²) in [6.07, 6.45) is 4.89. The van der Waals surface area contributed by atoms with Crippen LogP contribution in [0.25, 0.3) is 0 Å². The highest BCUT2D eigenvalue weighted by Crippen LogP contribution is 2.28. The molecule has 6 heteroatoms. The first-order valence-corrected chi connectivity index (χ1v) is 8.90. The maximum absolute atomic E-state index is 12.4. The summed E-state index contributed by atoms with van der Waals surface area (Å²) in [6, 6.07) is 11.4. The topological polar surface area (TPSA) is 80.3 Å². The summed E-state index contributed by atoms with van der Waals surface area (Å²) in [6.45, 7) is 1.50. The number of Topliss-reactive ketones (excluding diaryl/α,β-unsaturated/α-hetero) is 1. The van der Waals surface area contributed by atoms with Gasteiger partial charge in [0.05, 0.1) is 0 Å². The highest BCUT2D eigenvalue weighted by Gasteiger charge is 2.39. The third-order valence-electron chi connectivity index (χ3n) is 5.10. The van der Waals surface area contributed by atoms with Gasteiger partial charge in [-0.2, -0.15) is 0 Å². The summed E-state index contributed by atoms with van der Waals surface area (Å²) in [5.74, 6) is 0.811. The van der Waals surface area contributed by atoms with Gasteiger partial charge in [0.2, 0.25) is 5.88 Å². The van der Waals surface area contributed by atoms with Crippen molar-refractivity contribution in [2.45, 2.75) is 44.3 Å². The molecule has 134 valence electrons. The predicted octanol–water partition coefficient (Wildman–Crippen LogP) is 2.70. The number of amides is 1. The second kappa shape index (κ2) is 6.88. The van der Waals surface area contributed by atoms with E-state index in [4.69, 9.17) is 4.74 Å².